The number of esters is 1. The zero-order valence-electron chi connectivity index (χ0n) is 23.4. The van der Waals surface area contributed by atoms with Gasteiger partial charge in [-0.05, 0) is 73.6 Å². The quantitative estimate of drug-likeness (QED) is 0.144. The molecule has 0 bridgehead atoms. The van der Waals surface area contributed by atoms with Gasteiger partial charge in [-0.2, -0.15) is 0 Å². The van der Waals surface area contributed by atoms with E-state index >= 15 is 0 Å². The molecule has 0 aliphatic heterocycles. The normalized spacial score (nSPS) is 11.9. The smallest absolute Gasteiger partial charge is 0.335 e. The van der Waals surface area contributed by atoms with Gasteiger partial charge in [0, 0.05) is 23.1 Å². The molecule has 0 fully saturated rings. The predicted molar refractivity (Wildman–Crippen MR) is 152 cm³/mol. The van der Waals surface area contributed by atoms with Gasteiger partial charge in [0.25, 0.3) is 0 Å². The van der Waals surface area contributed by atoms with Gasteiger partial charge in [0.2, 0.25) is 0 Å². The van der Waals surface area contributed by atoms with Gasteiger partial charge in [-0.1, -0.05) is 91.1 Å². The number of unbranched alkanes of at least 4 members (excludes halogenated alkanes) is 4. The molecule has 198 valence electrons. The Hall–Kier alpha value is -2.55. The lowest BCUT2D eigenvalue weighted by Gasteiger charge is -2.23. The molecule has 0 aromatic heterocycles. The molecule has 0 amide bonds. The molecule has 0 heterocycles. The largest absolute Gasteiger partial charge is 0.507 e. The van der Waals surface area contributed by atoms with E-state index in [1.165, 1.54) is 17.2 Å². The van der Waals surface area contributed by atoms with Gasteiger partial charge in [-0.25, -0.2) is 4.79 Å². The number of benzene rings is 2. The van der Waals surface area contributed by atoms with Crippen molar-refractivity contribution in [2.75, 3.05) is 0 Å². The van der Waals surface area contributed by atoms with Crippen molar-refractivity contribution in [2.24, 2.45) is 0 Å². The van der Waals surface area contributed by atoms with Crippen LogP contribution in [0, 0.1) is 0 Å². The Morgan fingerprint density at radius 3 is 1.81 bits per heavy atom. The van der Waals surface area contributed by atoms with Crippen LogP contribution in [-0.2, 0) is 30.5 Å². The van der Waals surface area contributed by atoms with Crippen LogP contribution in [0.2, 0.25) is 0 Å². The molecule has 0 spiro atoms. The standard InChI is InChI=1S/C33H48O3/c1-7-12-16-25-20-27(18-14-9-3)32(35)29(22-25)24(6)30-23-26(17-13-8-2)21-28(19-15-10-4)33(30)36-31(34)11-5/h11,20-24,35H,5,7-10,12-19H2,1-4,6H3. The Labute approximate surface area is 220 Å². The number of phenolic OH excluding ortho intramolecular Hbond substituents is 1. The van der Waals surface area contributed by atoms with Crippen LogP contribution in [0.1, 0.15) is 125 Å². The Bertz CT molecular complexity index is 989. The monoisotopic (exact) mass is 492 g/mol. The van der Waals surface area contributed by atoms with Crippen molar-refractivity contribution in [3.05, 3.63) is 70.3 Å². The second kappa shape index (κ2) is 15.5. The van der Waals surface area contributed by atoms with Crippen molar-refractivity contribution >= 4 is 5.97 Å². The molecule has 36 heavy (non-hydrogen) atoms. The molecule has 1 unspecified atom stereocenters. The fourth-order valence-electron chi connectivity index (χ4n) is 4.82. The summed E-state index contributed by atoms with van der Waals surface area (Å²) in [7, 11) is 0. The first kappa shape index (κ1) is 29.7. The molecule has 3 nitrogen and oxygen atoms in total. The van der Waals surface area contributed by atoms with Crippen LogP contribution in [0.25, 0.3) is 0 Å². The summed E-state index contributed by atoms with van der Waals surface area (Å²) in [6.07, 6.45) is 13.7. The first-order valence-corrected chi connectivity index (χ1v) is 14.2. The van der Waals surface area contributed by atoms with Crippen LogP contribution in [-0.4, -0.2) is 11.1 Å². The van der Waals surface area contributed by atoms with E-state index < -0.39 is 5.97 Å². The van der Waals surface area contributed by atoms with Crippen LogP contribution in [0.5, 0.6) is 11.5 Å². The maximum absolute atomic E-state index is 12.4. The molecule has 0 aliphatic carbocycles. The van der Waals surface area contributed by atoms with Crippen molar-refractivity contribution in [3.63, 3.8) is 0 Å². The lowest BCUT2D eigenvalue weighted by atomic mass is 9.84. The Morgan fingerprint density at radius 2 is 1.28 bits per heavy atom. The van der Waals surface area contributed by atoms with Crippen LogP contribution in [0.4, 0.5) is 0 Å². The number of ether oxygens (including phenoxy) is 1. The molecule has 0 saturated carbocycles. The van der Waals surface area contributed by atoms with Gasteiger partial charge in [-0.3, -0.25) is 0 Å². The molecule has 0 saturated heterocycles. The molecule has 2 rings (SSSR count). The third-order valence-electron chi connectivity index (χ3n) is 7.07. The predicted octanol–water partition coefficient (Wildman–Crippen LogP) is 9.01. The number of aryl methyl sites for hydroxylation is 4. The highest BCUT2D eigenvalue weighted by Crippen LogP contribution is 2.41. The summed E-state index contributed by atoms with van der Waals surface area (Å²) in [5.41, 5.74) is 6.58. The van der Waals surface area contributed by atoms with Crippen molar-refractivity contribution < 1.29 is 14.6 Å². The van der Waals surface area contributed by atoms with E-state index in [0.29, 0.717) is 11.5 Å². The lowest BCUT2D eigenvalue weighted by Crippen LogP contribution is -2.11. The summed E-state index contributed by atoms with van der Waals surface area (Å²) in [5.74, 6) is 0.495. The summed E-state index contributed by atoms with van der Waals surface area (Å²) in [6.45, 7) is 14.5. The zero-order valence-corrected chi connectivity index (χ0v) is 23.4. The second-order valence-electron chi connectivity index (χ2n) is 10.1. The van der Waals surface area contributed by atoms with Crippen LogP contribution < -0.4 is 4.74 Å². The van der Waals surface area contributed by atoms with Crippen molar-refractivity contribution in [1.82, 2.24) is 0 Å². The highest BCUT2D eigenvalue weighted by Gasteiger charge is 2.24. The fourth-order valence-corrected chi connectivity index (χ4v) is 4.82. The summed E-state index contributed by atoms with van der Waals surface area (Å²) in [6, 6.07) is 8.79. The van der Waals surface area contributed by atoms with Gasteiger partial charge in [0.15, 0.2) is 0 Å². The molecular weight excluding hydrogens is 444 g/mol. The number of phenols is 1. The minimum absolute atomic E-state index is 0.110. The Kier molecular flexibility index (Phi) is 12.8. The number of aromatic hydroxyl groups is 1. The summed E-state index contributed by atoms with van der Waals surface area (Å²) < 4.78 is 5.92. The highest BCUT2D eigenvalue weighted by molar-refractivity contribution is 5.84. The molecule has 0 radical (unpaired) electrons. The van der Waals surface area contributed by atoms with Gasteiger partial charge in [-0.15, -0.1) is 0 Å². The maximum Gasteiger partial charge on any atom is 0.335 e. The molecule has 0 aliphatic rings. The number of rotatable bonds is 16. The summed E-state index contributed by atoms with van der Waals surface area (Å²) in [5, 5.41) is 11.4. The molecule has 2 aromatic carbocycles. The van der Waals surface area contributed by atoms with Gasteiger partial charge in [0.05, 0.1) is 0 Å². The first-order chi connectivity index (χ1) is 17.4. The Balaban J connectivity index is 2.70. The third-order valence-corrected chi connectivity index (χ3v) is 7.07. The van der Waals surface area contributed by atoms with Crippen LogP contribution in [0.15, 0.2) is 36.9 Å². The number of carbonyl (C=O) groups excluding carboxylic acids is 1. The fraction of sp³-hybridized carbons (Fsp3) is 0.545. The zero-order chi connectivity index (χ0) is 26.5. The highest BCUT2D eigenvalue weighted by atomic mass is 16.5. The van der Waals surface area contributed by atoms with Gasteiger partial charge in [0.1, 0.15) is 11.5 Å². The SMILES string of the molecule is C=CC(=O)Oc1c(CCCC)cc(CCCC)cc1C(C)c1cc(CCCC)cc(CCCC)c1O. The molecular formula is C33H48O3. The summed E-state index contributed by atoms with van der Waals surface area (Å²) >= 11 is 0. The van der Waals surface area contributed by atoms with Crippen molar-refractivity contribution in [2.45, 2.75) is 118 Å². The van der Waals surface area contributed by atoms with E-state index in [1.54, 1.807) is 0 Å². The van der Waals surface area contributed by atoms with E-state index in [0.717, 1.165) is 99.3 Å². The number of hydrogen-bond donors (Lipinski definition) is 1. The van der Waals surface area contributed by atoms with E-state index in [2.05, 4.69) is 65.5 Å². The van der Waals surface area contributed by atoms with E-state index in [-0.39, 0.29) is 5.92 Å². The lowest BCUT2D eigenvalue weighted by molar-refractivity contribution is -0.129. The maximum atomic E-state index is 12.4. The van der Waals surface area contributed by atoms with E-state index in [9.17, 15) is 9.90 Å². The third kappa shape index (κ3) is 8.25. The number of hydrogen-bond acceptors (Lipinski definition) is 3. The van der Waals surface area contributed by atoms with Crippen LogP contribution >= 0.6 is 0 Å². The van der Waals surface area contributed by atoms with Crippen molar-refractivity contribution in [1.29, 1.82) is 0 Å². The molecule has 1 N–H and O–H groups in total. The van der Waals surface area contributed by atoms with E-state index in [1.807, 2.05) is 0 Å². The second-order valence-corrected chi connectivity index (χ2v) is 10.1. The van der Waals surface area contributed by atoms with Crippen LogP contribution in [0.3, 0.4) is 0 Å². The topological polar surface area (TPSA) is 46.5 Å². The van der Waals surface area contributed by atoms with Gasteiger partial charge >= 0.3 is 5.97 Å². The van der Waals surface area contributed by atoms with Crippen molar-refractivity contribution in [3.8, 4) is 11.5 Å². The average molecular weight is 493 g/mol. The number of carbonyl (C=O) groups is 1. The first-order valence-electron chi connectivity index (χ1n) is 14.2. The molecule has 2 aromatic rings. The van der Waals surface area contributed by atoms with E-state index in [4.69, 9.17) is 4.74 Å². The minimum atomic E-state index is -0.438. The van der Waals surface area contributed by atoms with Gasteiger partial charge < -0.3 is 9.84 Å². The minimum Gasteiger partial charge on any atom is -0.507 e. The summed E-state index contributed by atoms with van der Waals surface area (Å²) in [4.78, 5) is 12.4. The molecule has 3 heteroatoms. The Morgan fingerprint density at radius 1 is 0.806 bits per heavy atom. The molecule has 1 atom stereocenters. The average Bonchev–Trinajstić information content (AvgIpc) is 2.89.